The molecule has 8 heteroatoms. The summed E-state index contributed by atoms with van der Waals surface area (Å²) >= 11 is 0. The summed E-state index contributed by atoms with van der Waals surface area (Å²) in [5.41, 5.74) is -0.784. The maximum atomic E-state index is 11.2. The van der Waals surface area contributed by atoms with E-state index in [0.29, 0.717) is 5.82 Å². The van der Waals surface area contributed by atoms with Crippen LogP contribution < -0.4 is 10.0 Å². The SMILES string of the molecule is CC(C)(CNc1cccc(C(=O)O)n1)NS(C)(=O)=O. The molecule has 0 amide bonds. The quantitative estimate of drug-likeness (QED) is 0.704. The minimum absolute atomic E-state index is 0.0705. The van der Waals surface area contributed by atoms with E-state index in [-0.39, 0.29) is 12.2 Å². The molecule has 1 aromatic heterocycles. The standard InChI is InChI=1S/C11H17N3O4S/c1-11(2,14-19(3,17)18)7-12-9-6-4-5-8(13-9)10(15)16/h4-6,14H,7H2,1-3H3,(H,12,13)(H,15,16). The van der Waals surface area contributed by atoms with Gasteiger partial charge in [0.1, 0.15) is 5.82 Å². The molecule has 3 N–H and O–H groups in total. The van der Waals surface area contributed by atoms with Crippen molar-refractivity contribution in [2.45, 2.75) is 19.4 Å². The molecule has 19 heavy (non-hydrogen) atoms. The van der Waals surface area contributed by atoms with Crippen molar-refractivity contribution in [3.8, 4) is 0 Å². The van der Waals surface area contributed by atoms with Gasteiger partial charge in [-0.25, -0.2) is 22.9 Å². The Balaban J connectivity index is 2.71. The molecule has 1 aromatic rings. The second kappa shape index (κ2) is 5.54. The van der Waals surface area contributed by atoms with Crippen molar-refractivity contribution >= 4 is 21.8 Å². The summed E-state index contributed by atoms with van der Waals surface area (Å²) in [6, 6.07) is 4.56. The van der Waals surface area contributed by atoms with Crippen LogP contribution >= 0.6 is 0 Å². The van der Waals surface area contributed by atoms with Crippen LogP contribution in [0.3, 0.4) is 0 Å². The Morgan fingerprint density at radius 3 is 2.58 bits per heavy atom. The van der Waals surface area contributed by atoms with Crippen LogP contribution in [0.4, 0.5) is 5.82 Å². The van der Waals surface area contributed by atoms with E-state index in [1.54, 1.807) is 26.0 Å². The van der Waals surface area contributed by atoms with E-state index in [2.05, 4.69) is 15.0 Å². The summed E-state index contributed by atoms with van der Waals surface area (Å²) in [6.07, 6.45) is 1.08. The smallest absolute Gasteiger partial charge is 0.354 e. The van der Waals surface area contributed by atoms with Gasteiger partial charge in [0.05, 0.1) is 6.26 Å². The average Bonchev–Trinajstić information content (AvgIpc) is 2.24. The van der Waals surface area contributed by atoms with Crippen molar-refractivity contribution in [2.75, 3.05) is 18.1 Å². The van der Waals surface area contributed by atoms with Crippen molar-refractivity contribution in [1.29, 1.82) is 0 Å². The van der Waals surface area contributed by atoms with Gasteiger partial charge >= 0.3 is 5.97 Å². The maximum Gasteiger partial charge on any atom is 0.354 e. The molecule has 0 aliphatic rings. The van der Waals surface area contributed by atoms with Gasteiger partial charge in [-0.3, -0.25) is 0 Å². The van der Waals surface area contributed by atoms with Crippen molar-refractivity contribution < 1.29 is 18.3 Å². The topological polar surface area (TPSA) is 108 Å². The molecule has 0 bridgehead atoms. The maximum absolute atomic E-state index is 11.2. The lowest BCUT2D eigenvalue weighted by Crippen LogP contribution is -2.47. The van der Waals surface area contributed by atoms with Gasteiger partial charge in [0.15, 0.2) is 5.69 Å². The van der Waals surface area contributed by atoms with Crippen LogP contribution in [-0.2, 0) is 10.0 Å². The number of aromatic carboxylic acids is 1. The first kappa shape index (κ1) is 15.4. The van der Waals surface area contributed by atoms with Gasteiger partial charge in [-0.05, 0) is 26.0 Å². The Morgan fingerprint density at radius 1 is 1.42 bits per heavy atom. The Kier molecular flexibility index (Phi) is 4.48. The fraction of sp³-hybridized carbons (Fsp3) is 0.455. The third-order valence-electron chi connectivity index (χ3n) is 2.14. The van der Waals surface area contributed by atoms with Crippen LogP contribution in [-0.4, -0.2) is 42.8 Å². The van der Waals surface area contributed by atoms with E-state index >= 15 is 0 Å². The highest BCUT2D eigenvalue weighted by atomic mass is 32.2. The van der Waals surface area contributed by atoms with Gasteiger partial charge in [0, 0.05) is 12.1 Å². The Hall–Kier alpha value is -1.67. The molecule has 1 rings (SSSR count). The van der Waals surface area contributed by atoms with Crippen LogP contribution in [0, 0.1) is 0 Å². The lowest BCUT2D eigenvalue weighted by atomic mass is 10.1. The Morgan fingerprint density at radius 2 is 2.05 bits per heavy atom. The van der Waals surface area contributed by atoms with E-state index in [1.807, 2.05) is 0 Å². The molecule has 0 aromatic carbocycles. The molecule has 0 saturated heterocycles. The monoisotopic (exact) mass is 287 g/mol. The number of hydrogen-bond donors (Lipinski definition) is 3. The van der Waals surface area contributed by atoms with Gasteiger partial charge in [-0.15, -0.1) is 0 Å². The minimum atomic E-state index is -3.31. The molecule has 1 heterocycles. The summed E-state index contributed by atoms with van der Waals surface area (Å²) < 4.78 is 24.8. The summed E-state index contributed by atoms with van der Waals surface area (Å²) in [5.74, 6) is -0.736. The van der Waals surface area contributed by atoms with Gasteiger partial charge in [0.2, 0.25) is 10.0 Å². The molecular weight excluding hydrogens is 270 g/mol. The number of nitrogens with zero attached hydrogens (tertiary/aromatic N) is 1. The highest BCUT2D eigenvalue weighted by molar-refractivity contribution is 7.88. The molecule has 0 unspecified atom stereocenters. The van der Waals surface area contributed by atoms with E-state index in [1.165, 1.54) is 6.07 Å². The molecule has 0 aliphatic heterocycles. The lowest BCUT2D eigenvalue weighted by molar-refractivity contribution is 0.0690. The number of carboxylic acids is 1. The van der Waals surface area contributed by atoms with Gasteiger partial charge in [-0.1, -0.05) is 6.07 Å². The van der Waals surface area contributed by atoms with Crippen LogP contribution in [0.1, 0.15) is 24.3 Å². The fourth-order valence-corrected chi connectivity index (χ4v) is 2.58. The zero-order chi connectivity index (χ0) is 14.7. The molecular formula is C11H17N3O4S. The van der Waals surface area contributed by atoms with Crippen LogP contribution in [0.25, 0.3) is 0 Å². The van der Waals surface area contributed by atoms with Crippen molar-refractivity contribution in [3.05, 3.63) is 23.9 Å². The van der Waals surface area contributed by atoms with Crippen LogP contribution in [0.5, 0.6) is 0 Å². The van der Waals surface area contributed by atoms with Crippen LogP contribution in [0.2, 0.25) is 0 Å². The highest BCUT2D eigenvalue weighted by Gasteiger charge is 2.22. The second-order valence-corrected chi connectivity index (χ2v) is 6.57. The summed E-state index contributed by atoms with van der Waals surface area (Å²) in [5, 5.41) is 11.7. The number of aromatic nitrogens is 1. The minimum Gasteiger partial charge on any atom is -0.477 e. The number of carboxylic acid groups (broad SMARTS) is 1. The van der Waals surface area contributed by atoms with E-state index in [0.717, 1.165) is 6.26 Å². The summed E-state index contributed by atoms with van der Waals surface area (Å²) in [7, 11) is -3.31. The first-order valence-corrected chi connectivity index (χ1v) is 7.41. The van der Waals surface area contributed by atoms with Crippen molar-refractivity contribution in [2.24, 2.45) is 0 Å². The third kappa shape index (κ3) is 5.66. The fourth-order valence-electron chi connectivity index (χ4n) is 1.50. The lowest BCUT2D eigenvalue weighted by Gasteiger charge is -2.25. The first-order valence-electron chi connectivity index (χ1n) is 5.52. The number of pyridine rings is 1. The first-order chi connectivity index (χ1) is 8.59. The zero-order valence-electron chi connectivity index (χ0n) is 11.0. The Labute approximate surface area is 112 Å². The predicted molar refractivity (Wildman–Crippen MR) is 71.7 cm³/mol. The largest absolute Gasteiger partial charge is 0.477 e. The van der Waals surface area contributed by atoms with Gasteiger partial charge in [0.25, 0.3) is 0 Å². The number of rotatable bonds is 6. The molecule has 0 aliphatic carbocycles. The summed E-state index contributed by atoms with van der Waals surface area (Å²) in [4.78, 5) is 14.6. The van der Waals surface area contributed by atoms with Crippen molar-refractivity contribution in [3.63, 3.8) is 0 Å². The number of hydrogen-bond acceptors (Lipinski definition) is 5. The molecule has 0 spiro atoms. The molecule has 7 nitrogen and oxygen atoms in total. The van der Waals surface area contributed by atoms with Gasteiger partial charge < -0.3 is 10.4 Å². The number of carbonyl (C=O) groups is 1. The van der Waals surface area contributed by atoms with E-state index in [9.17, 15) is 13.2 Å². The van der Waals surface area contributed by atoms with Crippen molar-refractivity contribution in [1.82, 2.24) is 9.71 Å². The Bertz CT molecular complexity index is 569. The third-order valence-corrected chi connectivity index (χ3v) is 3.06. The van der Waals surface area contributed by atoms with E-state index < -0.39 is 21.5 Å². The number of sulfonamides is 1. The zero-order valence-corrected chi connectivity index (χ0v) is 11.8. The highest BCUT2D eigenvalue weighted by Crippen LogP contribution is 2.09. The van der Waals surface area contributed by atoms with E-state index in [4.69, 9.17) is 5.11 Å². The summed E-state index contributed by atoms with van der Waals surface area (Å²) in [6.45, 7) is 3.69. The molecule has 0 radical (unpaired) electrons. The number of anilines is 1. The molecule has 106 valence electrons. The van der Waals surface area contributed by atoms with Crippen LogP contribution in [0.15, 0.2) is 18.2 Å². The average molecular weight is 287 g/mol. The molecule has 0 atom stereocenters. The predicted octanol–water partition coefficient (Wildman–Crippen LogP) is 0.519. The number of nitrogens with one attached hydrogen (secondary N) is 2. The molecule has 0 fully saturated rings. The normalized spacial score (nSPS) is 12.2. The molecule has 0 saturated carbocycles. The second-order valence-electron chi connectivity index (χ2n) is 4.82. The van der Waals surface area contributed by atoms with Gasteiger partial charge in [-0.2, -0.15) is 0 Å².